The predicted molar refractivity (Wildman–Crippen MR) is 98.6 cm³/mol. The number of carbonyl (C=O) groups is 3. The number of sulfone groups is 1. The molecule has 0 spiro atoms. The Morgan fingerprint density at radius 2 is 2.15 bits per heavy atom. The molecule has 0 radical (unpaired) electrons. The molecule has 0 aromatic heterocycles. The van der Waals surface area contributed by atoms with Gasteiger partial charge in [0.25, 0.3) is 11.1 Å². The predicted octanol–water partition coefficient (Wildman–Crippen LogP) is 1.68. The van der Waals surface area contributed by atoms with Gasteiger partial charge in [-0.15, -0.1) is 0 Å². The number of hydrogen-bond donors (Lipinski definition) is 1. The Morgan fingerprint density at radius 1 is 1.37 bits per heavy atom. The molecule has 142 valence electrons. The highest BCUT2D eigenvalue weighted by atomic mass is 32.2. The van der Waals surface area contributed by atoms with E-state index in [-0.39, 0.29) is 23.6 Å². The number of carbonyl (C=O) groups excluding carboxylic acids is 3. The van der Waals surface area contributed by atoms with Crippen LogP contribution in [0.5, 0.6) is 0 Å². The third-order valence-corrected chi connectivity index (χ3v) is 6.16. The second-order valence-corrected chi connectivity index (χ2v) is 8.89. The van der Waals surface area contributed by atoms with Crippen molar-refractivity contribution >= 4 is 44.7 Å². The second kappa shape index (κ2) is 7.65. The van der Waals surface area contributed by atoms with Crippen molar-refractivity contribution in [2.24, 2.45) is 0 Å². The molecule has 0 unspecified atom stereocenters. The number of benzene rings is 1. The van der Waals surface area contributed by atoms with E-state index in [0.29, 0.717) is 5.56 Å². The first-order chi connectivity index (χ1) is 12.7. The van der Waals surface area contributed by atoms with E-state index in [9.17, 15) is 27.2 Å². The number of imide groups is 1. The number of nitrogens with one attached hydrogen (secondary N) is 1. The maximum Gasteiger partial charge on any atom is 0.293 e. The molecule has 3 rings (SSSR count). The third kappa shape index (κ3) is 4.83. The smallest absolute Gasteiger partial charge is 0.293 e. The molecular weight excluding hydrogens is 395 g/mol. The largest absolute Gasteiger partial charge is 0.349 e. The maximum atomic E-state index is 13.2. The van der Waals surface area contributed by atoms with Crippen LogP contribution in [0.2, 0.25) is 0 Å². The summed E-state index contributed by atoms with van der Waals surface area (Å²) in [4.78, 5) is 37.4. The highest BCUT2D eigenvalue weighted by Gasteiger charge is 2.35. The Kier molecular flexibility index (Phi) is 5.47. The second-order valence-electron chi connectivity index (χ2n) is 5.97. The van der Waals surface area contributed by atoms with E-state index in [1.807, 2.05) is 0 Å². The van der Waals surface area contributed by atoms with Crippen LogP contribution in [0, 0.1) is 5.82 Å². The molecule has 1 saturated heterocycles. The van der Waals surface area contributed by atoms with E-state index in [4.69, 9.17) is 0 Å². The van der Waals surface area contributed by atoms with Crippen molar-refractivity contribution in [3.05, 3.63) is 52.0 Å². The first kappa shape index (κ1) is 19.3. The van der Waals surface area contributed by atoms with E-state index in [1.54, 1.807) is 6.07 Å². The van der Waals surface area contributed by atoms with E-state index in [1.165, 1.54) is 30.4 Å². The fourth-order valence-electron chi connectivity index (χ4n) is 2.60. The highest BCUT2D eigenvalue weighted by Crippen LogP contribution is 2.32. The number of rotatable bonds is 5. The van der Waals surface area contributed by atoms with Gasteiger partial charge < -0.3 is 5.32 Å². The van der Waals surface area contributed by atoms with E-state index in [0.717, 1.165) is 22.1 Å². The first-order valence-electron chi connectivity index (χ1n) is 7.95. The Labute approximate surface area is 159 Å². The first-order valence-corrected chi connectivity index (χ1v) is 10.5. The van der Waals surface area contributed by atoms with Gasteiger partial charge in [-0.25, -0.2) is 12.8 Å². The lowest BCUT2D eigenvalue weighted by molar-refractivity contribution is -0.124. The molecule has 10 heteroatoms. The van der Waals surface area contributed by atoms with Gasteiger partial charge in [0.15, 0.2) is 9.84 Å². The molecule has 2 heterocycles. The van der Waals surface area contributed by atoms with Crippen LogP contribution in [0.4, 0.5) is 9.18 Å². The average Bonchev–Trinajstić information content (AvgIpc) is 3.05. The summed E-state index contributed by atoms with van der Waals surface area (Å²) in [5, 5.41) is 3.06. The van der Waals surface area contributed by atoms with Gasteiger partial charge in [0.05, 0.1) is 16.7 Å². The lowest BCUT2D eigenvalue weighted by Gasteiger charge is -2.14. The van der Waals surface area contributed by atoms with Gasteiger partial charge in [-0.1, -0.05) is 12.1 Å². The molecule has 1 fully saturated rings. The monoisotopic (exact) mass is 410 g/mol. The molecule has 0 saturated carbocycles. The van der Waals surface area contributed by atoms with Crippen LogP contribution in [0.3, 0.4) is 0 Å². The summed E-state index contributed by atoms with van der Waals surface area (Å²) in [5.41, 5.74) is 0.451. The van der Waals surface area contributed by atoms with E-state index < -0.39 is 38.7 Å². The van der Waals surface area contributed by atoms with Gasteiger partial charge in [-0.05, 0) is 41.6 Å². The fraction of sp³-hybridized carbons (Fsp3) is 0.235. The zero-order valence-corrected chi connectivity index (χ0v) is 15.6. The van der Waals surface area contributed by atoms with Gasteiger partial charge >= 0.3 is 0 Å². The SMILES string of the molecule is O=C(CCN1C(=O)S/C(=C\c2cccc(F)c2)C1=O)N[C@H]1C=CS(=O)(=O)C1. The Hall–Kier alpha value is -2.46. The molecule has 1 atom stereocenters. The molecule has 2 aliphatic rings. The minimum Gasteiger partial charge on any atom is -0.349 e. The number of amides is 3. The Balaban J connectivity index is 1.58. The van der Waals surface area contributed by atoms with Gasteiger partial charge in [0.2, 0.25) is 5.91 Å². The lowest BCUT2D eigenvalue weighted by Crippen LogP contribution is -2.38. The maximum absolute atomic E-state index is 13.2. The number of nitrogens with zero attached hydrogens (tertiary/aromatic N) is 1. The quantitative estimate of drug-likeness (QED) is 0.742. The summed E-state index contributed by atoms with van der Waals surface area (Å²) in [6.45, 7) is -0.125. The topological polar surface area (TPSA) is 101 Å². The van der Waals surface area contributed by atoms with Crippen molar-refractivity contribution in [1.29, 1.82) is 0 Å². The van der Waals surface area contributed by atoms with Crippen molar-refractivity contribution in [2.45, 2.75) is 12.5 Å². The van der Waals surface area contributed by atoms with Crippen molar-refractivity contribution < 1.29 is 27.2 Å². The molecule has 27 heavy (non-hydrogen) atoms. The van der Waals surface area contributed by atoms with Crippen molar-refractivity contribution in [3.63, 3.8) is 0 Å². The zero-order valence-electron chi connectivity index (χ0n) is 13.9. The summed E-state index contributed by atoms with van der Waals surface area (Å²) in [6.07, 6.45) is 2.66. The highest BCUT2D eigenvalue weighted by molar-refractivity contribution is 8.18. The molecule has 0 bridgehead atoms. The molecule has 2 aliphatic heterocycles. The number of thioether (sulfide) groups is 1. The molecule has 7 nitrogen and oxygen atoms in total. The van der Waals surface area contributed by atoms with Crippen LogP contribution in [-0.2, 0) is 19.4 Å². The standard InChI is InChI=1S/C17H15FN2O5S2/c18-12-3-1-2-11(8-12)9-14-16(22)20(17(23)26-14)6-4-15(21)19-13-5-7-27(24,25)10-13/h1-3,5,7-9,13H,4,6,10H2,(H,19,21)/b14-9-/t13-/m0/s1. The minimum atomic E-state index is -3.28. The number of halogens is 1. The summed E-state index contributed by atoms with van der Waals surface area (Å²) >= 11 is 0.721. The summed E-state index contributed by atoms with van der Waals surface area (Å²) < 4.78 is 35.9. The Morgan fingerprint density at radius 3 is 2.81 bits per heavy atom. The molecule has 0 aliphatic carbocycles. The normalized spacial score (nSPS) is 22.6. The van der Waals surface area contributed by atoms with Gasteiger partial charge in [0, 0.05) is 18.4 Å². The minimum absolute atomic E-state index is 0.125. The van der Waals surface area contributed by atoms with Gasteiger partial charge in [-0.3, -0.25) is 19.3 Å². The van der Waals surface area contributed by atoms with Crippen molar-refractivity contribution in [2.75, 3.05) is 12.3 Å². The lowest BCUT2D eigenvalue weighted by atomic mass is 10.2. The fourth-order valence-corrected chi connectivity index (χ4v) is 4.70. The van der Waals surface area contributed by atoms with E-state index >= 15 is 0 Å². The molecule has 3 amide bonds. The summed E-state index contributed by atoms with van der Waals surface area (Å²) in [7, 11) is -3.28. The summed E-state index contributed by atoms with van der Waals surface area (Å²) in [6, 6.07) is 5.00. The molecule has 1 aromatic carbocycles. The van der Waals surface area contributed by atoms with Crippen LogP contribution in [0.15, 0.2) is 40.7 Å². The zero-order chi connectivity index (χ0) is 19.6. The molecule has 1 N–H and O–H groups in total. The number of hydrogen-bond acceptors (Lipinski definition) is 6. The third-order valence-electron chi connectivity index (χ3n) is 3.86. The van der Waals surface area contributed by atoms with E-state index in [2.05, 4.69) is 5.32 Å². The Bertz CT molecular complexity index is 971. The van der Waals surface area contributed by atoms with Crippen LogP contribution >= 0.6 is 11.8 Å². The van der Waals surface area contributed by atoms with Gasteiger partial charge in [0.1, 0.15) is 5.82 Å². The average molecular weight is 410 g/mol. The van der Waals surface area contributed by atoms with Crippen molar-refractivity contribution in [1.82, 2.24) is 10.2 Å². The van der Waals surface area contributed by atoms with Crippen LogP contribution in [-0.4, -0.2) is 48.7 Å². The molecule has 1 aromatic rings. The van der Waals surface area contributed by atoms with Crippen LogP contribution in [0.1, 0.15) is 12.0 Å². The van der Waals surface area contributed by atoms with Crippen LogP contribution in [0.25, 0.3) is 6.08 Å². The summed E-state index contributed by atoms with van der Waals surface area (Å²) in [5.74, 6) is -1.67. The van der Waals surface area contributed by atoms with Crippen LogP contribution < -0.4 is 5.32 Å². The molecular formula is C17H15FN2O5S2. The van der Waals surface area contributed by atoms with Crippen molar-refractivity contribution in [3.8, 4) is 0 Å². The van der Waals surface area contributed by atoms with Gasteiger partial charge in [-0.2, -0.15) is 0 Å².